The summed E-state index contributed by atoms with van der Waals surface area (Å²) in [5.74, 6) is 1.35. The molecule has 2 rings (SSSR count). The van der Waals surface area contributed by atoms with Crippen molar-refractivity contribution in [2.24, 2.45) is 0 Å². The first-order valence-corrected chi connectivity index (χ1v) is 8.20. The van der Waals surface area contributed by atoms with E-state index in [0.29, 0.717) is 24.5 Å². The summed E-state index contributed by atoms with van der Waals surface area (Å²) in [6.07, 6.45) is 0. The van der Waals surface area contributed by atoms with Crippen molar-refractivity contribution in [3.63, 3.8) is 0 Å². The van der Waals surface area contributed by atoms with E-state index < -0.39 is 0 Å². The largest absolute Gasteiger partial charge is 0.496 e. The molecule has 0 aliphatic heterocycles. The maximum atomic E-state index is 12.4. The first-order valence-electron chi connectivity index (χ1n) is 8.20. The number of rotatable bonds is 8. The van der Waals surface area contributed by atoms with Crippen molar-refractivity contribution >= 4 is 5.91 Å². The molecule has 5 nitrogen and oxygen atoms in total. The van der Waals surface area contributed by atoms with Crippen LogP contribution in [0.3, 0.4) is 0 Å². The molecule has 134 valence electrons. The van der Waals surface area contributed by atoms with Gasteiger partial charge in [-0.3, -0.25) is 4.79 Å². The molecule has 1 N–H and O–H groups in total. The first-order chi connectivity index (χ1) is 12.0. The van der Waals surface area contributed by atoms with Crippen LogP contribution in [0.5, 0.6) is 11.5 Å². The van der Waals surface area contributed by atoms with Gasteiger partial charge in [-0.1, -0.05) is 18.2 Å². The Morgan fingerprint density at radius 3 is 2.56 bits per heavy atom. The average molecular weight is 343 g/mol. The maximum Gasteiger partial charge on any atom is 0.251 e. The van der Waals surface area contributed by atoms with E-state index in [-0.39, 0.29) is 11.9 Å². The Morgan fingerprint density at radius 1 is 1.12 bits per heavy atom. The summed E-state index contributed by atoms with van der Waals surface area (Å²) in [5.41, 5.74) is 2.44. The normalized spacial score (nSPS) is 11.7. The highest BCUT2D eigenvalue weighted by atomic mass is 16.5. The van der Waals surface area contributed by atoms with Gasteiger partial charge in [-0.15, -0.1) is 0 Å². The van der Waals surface area contributed by atoms with E-state index in [2.05, 4.69) is 5.32 Å². The van der Waals surface area contributed by atoms with E-state index in [0.717, 1.165) is 16.9 Å². The summed E-state index contributed by atoms with van der Waals surface area (Å²) >= 11 is 0. The number of ether oxygens (including phenoxy) is 3. The number of hydrogen-bond donors (Lipinski definition) is 1. The van der Waals surface area contributed by atoms with Crippen LogP contribution in [-0.4, -0.2) is 32.8 Å². The van der Waals surface area contributed by atoms with Gasteiger partial charge in [0.05, 0.1) is 13.7 Å². The van der Waals surface area contributed by atoms with Crippen LogP contribution in [0.1, 0.15) is 28.4 Å². The minimum Gasteiger partial charge on any atom is -0.496 e. The second-order valence-electron chi connectivity index (χ2n) is 5.91. The molecule has 0 saturated heterocycles. The minimum atomic E-state index is -0.149. The molecule has 5 heteroatoms. The monoisotopic (exact) mass is 343 g/mol. The predicted octanol–water partition coefficient (Wildman–Crippen LogP) is 3.35. The molecule has 2 aromatic carbocycles. The molecule has 25 heavy (non-hydrogen) atoms. The van der Waals surface area contributed by atoms with E-state index in [1.54, 1.807) is 32.4 Å². The van der Waals surface area contributed by atoms with Gasteiger partial charge in [0.1, 0.15) is 18.1 Å². The molecule has 1 atom stereocenters. The number of carbonyl (C=O) groups excluding carboxylic acids is 1. The number of para-hydroxylation sites is 1. The summed E-state index contributed by atoms with van der Waals surface area (Å²) in [7, 11) is 3.21. The number of aryl methyl sites for hydroxylation is 1. The summed E-state index contributed by atoms with van der Waals surface area (Å²) in [4.78, 5) is 12.4. The highest BCUT2D eigenvalue weighted by molar-refractivity contribution is 5.94. The van der Waals surface area contributed by atoms with Crippen molar-refractivity contribution < 1.29 is 19.0 Å². The van der Waals surface area contributed by atoms with Crippen LogP contribution in [0.15, 0.2) is 42.5 Å². The number of carbonyl (C=O) groups is 1. The van der Waals surface area contributed by atoms with Crippen molar-refractivity contribution in [1.29, 1.82) is 0 Å². The van der Waals surface area contributed by atoms with E-state index in [4.69, 9.17) is 14.2 Å². The summed E-state index contributed by atoms with van der Waals surface area (Å²) < 4.78 is 16.3. The quantitative estimate of drug-likeness (QED) is 0.799. The third-order valence-corrected chi connectivity index (χ3v) is 3.81. The zero-order valence-electron chi connectivity index (χ0n) is 15.2. The van der Waals surface area contributed by atoms with Crippen LogP contribution in [0.2, 0.25) is 0 Å². The molecular formula is C20H25NO4. The molecule has 0 aliphatic rings. The average Bonchev–Trinajstić information content (AvgIpc) is 2.61. The van der Waals surface area contributed by atoms with Crippen molar-refractivity contribution in [2.45, 2.75) is 26.5 Å². The Hall–Kier alpha value is -2.53. The Morgan fingerprint density at radius 2 is 1.88 bits per heavy atom. The Bertz CT molecular complexity index is 715. The molecule has 0 saturated carbocycles. The van der Waals surface area contributed by atoms with E-state index in [9.17, 15) is 4.79 Å². The zero-order chi connectivity index (χ0) is 18.2. The van der Waals surface area contributed by atoms with Gasteiger partial charge in [-0.2, -0.15) is 0 Å². The topological polar surface area (TPSA) is 56.8 Å². The minimum absolute atomic E-state index is 0.0636. The lowest BCUT2D eigenvalue weighted by molar-refractivity contribution is 0.0905. The fraction of sp³-hybridized carbons (Fsp3) is 0.350. The highest BCUT2D eigenvalue weighted by Gasteiger charge is 2.13. The van der Waals surface area contributed by atoms with E-state index >= 15 is 0 Å². The van der Waals surface area contributed by atoms with Crippen LogP contribution >= 0.6 is 0 Å². The molecule has 0 heterocycles. The van der Waals surface area contributed by atoms with Gasteiger partial charge in [0, 0.05) is 24.3 Å². The van der Waals surface area contributed by atoms with Gasteiger partial charge < -0.3 is 19.5 Å². The zero-order valence-corrected chi connectivity index (χ0v) is 15.2. The Balaban J connectivity index is 2.13. The third kappa shape index (κ3) is 5.22. The van der Waals surface area contributed by atoms with Crippen molar-refractivity contribution in [3.05, 3.63) is 59.2 Å². The van der Waals surface area contributed by atoms with Crippen molar-refractivity contribution in [1.82, 2.24) is 5.32 Å². The molecule has 0 bridgehead atoms. The molecule has 0 aromatic heterocycles. The molecule has 0 aliphatic carbocycles. The SMILES string of the molecule is COC[C@H](C)NC(=O)c1ccc(OC)c(COc2ccccc2C)c1. The molecule has 0 spiro atoms. The van der Waals surface area contributed by atoms with Gasteiger partial charge in [0.15, 0.2) is 0 Å². The lowest BCUT2D eigenvalue weighted by Gasteiger charge is -2.15. The number of hydrogen-bond acceptors (Lipinski definition) is 4. The lowest BCUT2D eigenvalue weighted by Crippen LogP contribution is -2.35. The molecule has 1 amide bonds. The Labute approximate surface area is 148 Å². The molecular weight excluding hydrogens is 318 g/mol. The van der Waals surface area contributed by atoms with Crippen molar-refractivity contribution in [3.8, 4) is 11.5 Å². The molecule has 0 unspecified atom stereocenters. The first kappa shape index (κ1) is 18.8. The standard InChI is InChI=1S/C20H25NO4/c1-14-7-5-6-8-18(14)25-13-17-11-16(9-10-19(17)24-4)20(22)21-15(2)12-23-3/h5-11,15H,12-13H2,1-4H3,(H,21,22)/t15-/m0/s1. The van der Waals surface area contributed by atoms with E-state index in [1.165, 1.54) is 0 Å². The van der Waals surface area contributed by atoms with Crippen LogP contribution < -0.4 is 14.8 Å². The summed E-state index contributed by atoms with van der Waals surface area (Å²) in [6.45, 7) is 4.68. The fourth-order valence-electron chi connectivity index (χ4n) is 2.51. The lowest BCUT2D eigenvalue weighted by atomic mass is 10.1. The second kappa shape index (κ2) is 9.08. The number of nitrogens with one attached hydrogen (secondary N) is 1. The number of methoxy groups -OCH3 is 2. The van der Waals surface area contributed by atoms with Gasteiger partial charge in [0.25, 0.3) is 5.91 Å². The summed E-state index contributed by atoms with van der Waals surface area (Å²) in [6, 6.07) is 13.1. The molecule has 2 aromatic rings. The number of amides is 1. The second-order valence-corrected chi connectivity index (χ2v) is 5.91. The van der Waals surface area contributed by atoms with Crippen molar-refractivity contribution in [2.75, 3.05) is 20.8 Å². The van der Waals surface area contributed by atoms with Gasteiger partial charge in [0.2, 0.25) is 0 Å². The van der Waals surface area contributed by atoms with Gasteiger partial charge >= 0.3 is 0 Å². The van der Waals surface area contributed by atoms with Gasteiger partial charge in [-0.25, -0.2) is 0 Å². The third-order valence-electron chi connectivity index (χ3n) is 3.81. The van der Waals surface area contributed by atoms with Crippen LogP contribution in [0.25, 0.3) is 0 Å². The van der Waals surface area contributed by atoms with Crippen LogP contribution in [0.4, 0.5) is 0 Å². The Kier molecular flexibility index (Phi) is 6.83. The summed E-state index contributed by atoms with van der Waals surface area (Å²) in [5, 5.41) is 2.90. The molecule has 0 fully saturated rings. The van der Waals surface area contributed by atoms with Gasteiger partial charge in [-0.05, 0) is 43.7 Å². The molecule has 0 radical (unpaired) electrons. The van der Waals surface area contributed by atoms with Crippen LogP contribution in [-0.2, 0) is 11.3 Å². The van der Waals surface area contributed by atoms with E-state index in [1.807, 2.05) is 38.1 Å². The predicted molar refractivity (Wildman–Crippen MR) is 97.3 cm³/mol. The van der Waals surface area contributed by atoms with Crippen LogP contribution in [0, 0.1) is 6.92 Å². The maximum absolute atomic E-state index is 12.4. The smallest absolute Gasteiger partial charge is 0.251 e. The highest BCUT2D eigenvalue weighted by Crippen LogP contribution is 2.24. The fourth-order valence-corrected chi connectivity index (χ4v) is 2.51. The number of benzene rings is 2.